The van der Waals surface area contributed by atoms with Crippen LogP contribution in [0, 0.1) is 5.41 Å². The molecule has 0 spiro atoms. The Bertz CT molecular complexity index is 198. The summed E-state index contributed by atoms with van der Waals surface area (Å²) in [6, 6.07) is 0. The molecule has 88 valence electrons. The van der Waals surface area contributed by atoms with E-state index >= 15 is 0 Å². The largest absolute Gasteiger partial charge is 0.822 e. The van der Waals surface area contributed by atoms with E-state index in [-0.39, 0.29) is 5.96 Å². The highest BCUT2D eigenvalue weighted by Crippen LogP contribution is 2.03. The maximum atomic E-state index is 8.55. The van der Waals surface area contributed by atoms with Gasteiger partial charge in [0.2, 0.25) is 0 Å². The predicted molar refractivity (Wildman–Crippen MR) is 31.3 cm³/mol. The molecule has 0 aliphatic heterocycles. The molecule has 0 aliphatic rings. The molecule has 0 aromatic rings. The molecule has 11 nitrogen and oxygen atoms in total. The van der Waals surface area contributed by atoms with Crippen molar-refractivity contribution < 1.29 is 38.5 Å². The van der Waals surface area contributed by atoms with Crippen molar-refractivity contribution in [3.05, 3.63) is 0 Å². The highest BCUT2D eigenvalue weighted by molar-refractivity contribution is 7.40. The molecule has 0 radical (unpaired) electrons. The Morgan fingerprint density at radius 3 is 0.857 bits per heavy atom. The fourth-order valence-corrected chi connectivity index (χ4v) is 0. The maximum absolute atomic E-state index is 8.55. The molecule has 0 unspecified atom stereocenters. The minimum atomic E-state index is -5.39. The third-order valence-corrected chi connectivity index (χ3v) is 0. The summed E-state index contributed by atoms with van der Waals surface area (Å²) in [4.78, 5) is 51.3. The molecule has 5 N–H and O–H groups in total. The van der Waals surface area contributed by atoms with Crippen molar-refractivity contribution in [2.45, 2.75) is 0 Å². The lowest BCUT2D eigenvalue weighted by atomic mass is 11.1. The molecule has 0 aromatic heterocycles. The molecule has 0 fully saturated rings. The van der Waals surface area contributed by atoms with E-state index in [2.05, 4.69) is 11.5 Å². The first kappa shape index (κ1) is 19.1. The Kier molecular flexibility index (Phi) is 10.7. The first-order valence-corrected chi connectivity index (χ1v) is 5.21. The van der Waals surface area contributed by atoms with Crippen molar-refractivity contribution in [1.82, 2.24) is 0 Å². The van der Waals surface area contributed by atoms with Gasteiger partial charge in [-0.2, -0.15) is 15.6 Å². The van der Waals surface area contributed by atoms with Crippen molar-refractivity contribution in [3.63, 3.8) is 0 Å². The van der Waals surface area contributed by atoms with Gasteiger partial charge in [0, 0.05) is 0 Å². The summed E-state index contributed by atoms with van der Waals surface area (Å²) in [6.45, 7) is 0. The van der Waals surface area contributed by atoms with Crippen LogP contribution >= 0.6 is 15.6 Å². The topological polar surface area (TPSA) is 248 Å². The average Bonchev–Trinajstić information content (AvgIpc) is 1.45. The van der Waals surface area contributed by atoms with E-state index in [9.17, 15) is 0 Å². The van der Waals surface area contributed by atoms with Crippen molar-refractivity contribution in [2.75, 3.05) is 0 Å². The molecule has 14 heavy (non-hydrogen) atoms. The van der Waals surface area contributed by atoms with Crippen molar-refractivity contribution >= 4 is 21.6 Å². The molecule has 0 bridgehead atoms. The van der Waals surface area contributed by atoms with E-state index in [0.717, 1.165) is 0 Å². The summed E-state index contributed by atoms with van der Waals surface area (Å²) in [5, 5.41) is 6.06. The van der Waals surface area contributed by atoms with Crippen molar-refractivity contribution in [3.8, 4) is 0 Å². The normalized spacial score (nSPS) is 10.1. The second kappa shape index (κ2) is 7.85. The molecular weight excluding hydrogens is 244 g/mol. The summed E-state index contributed by atoms with van der Waals surface area (Å²) in [6.07, 6.45) is 0. The number of nitrogens with one attached hydrogen (secondary N) is 1. The van der Waals surface area contributed by atoms with E-state index in [1.165, 1.54) is 0 Å². The zero-order valence-corrected chi connectivity index (χ0v) is 8.10. The van der Waals surface area contributed by atoms with Crippen LogP contribution in [0.1, 0.15) is 0 Å². The van der Waals surface area contributed by atoms with Gasteiger partial charge >= 0.3 is 0 Å². The minimum absolute atomic E-state index is 0.333. The zero-order chi connectivity index (χ0) is 12.6. The fourth-order valence-electron chi connectivity index (χ4n) is 0. The molecule has 0 heterocycles. The number of phosphoric acid groups is 2. The zero-order valence-electron chi connectivity index (χ0n) is 6.32. The van der Waals surface area contributed by atoms with Crippen molar-refractivity contribution in [1.29, 1.82) is 5.41 Å². The van der Waals surface area contributed by atoms with Gasteiger partial charge < -0.3 is 50.0 Å². The van der Waals surface area contributed by atoms with Crippen LogP contribution in [-0.2, 0) is 9.13 Å². The number of rotatable bonds is 0. The highest BCUT2D eigenvalue weighted by Gasteiger charge is 1.52. The van der Waals surface area contributed by atoms with Crippen LogP contribution < -0.4 is 40.8 Å². The molecule has 0 saturated heterocycles. The Hall–Kier alpha value is -0.510. The molecule has 0 aliphatic carbocycles. The second-order valence-corrected chi connectivity index (χ2v) is 3.14. The van der Waals surface area contributed by atoms with Crippen LogP contribution in [0.3, 0.4) is 0 Å². The van der Waals surface area contributed by atoms with Gasteiger partial charge in [0.05, 0.1) is 0 Å². The number of nitrogens with two attached hydrogens (primary N) is 2. The van der Waals surface area contributed by atoms with Gasteiger partial charge in [0.15, 0.2) is 5.96 Å². The lowest BCUT2D eigenvalue weighted by Gasteiger charge is -2.36. The quantitative estimate of drug-likeness (QED) is 0.207. The maximum Gasteiger partial charge on any atom is 0.183 e. The SMILES string of the molecule is N=C(N)N.O=P([O-])([O-])[O-].O=P([O-])([O-])[O-]. The summed E-state index contributed by atoms with van der Waals surface area (Å²) in [5.41, 5.74) is 8.94. The number of guanidine groups is 1. The lowest BCUT2D eigenvalue weighted by molar-refractivity contribution is -0.434. The monoisotopic (exact) mass is 249 g/mol. The average molecular weight is 249 g/mol. The van der Waals surface area contributed by atoms with E-state index in [1.54, 1.807) is 0 Å². The van der Waals surface area contributed by atoms with Gasteiger partial charge in [-0.3, -0.25) is 5.41 Å². The smallest absolute Gasteiger partial charge is 0.183 e. The van der Waals surface area contributed by atoms with Gasteiger partial charge in [-0.1, -0.05) is 0 Å². The lowest BCUT2D eigenvalue weighted by Crippen LogP contribution is -2.24. The molecule has 0 aromatic carbocycles. The molecular formula is CH5N3O8P2-6. The summed E-state index contributed by atoms with van der Waals surface area (Å²) in [7, 11) is -10.8. The molecule has 0 rings (SSSR count). The second-order valence-electron chi connectivity index (χ2n) is 1.35. The Balaban J connectivity index is -0.000000131. The van der Waals surface area contributed by atoms with E-state index in [4.69, 9.17) is 43.9 Å². The molecule has 0 atom stereocenters. The van der Waals surface area contributed by atoms with Crippen LogP contribution in [0.4, 0.5) is 0 Å². The molecule has 0 saturated carbocycles. The first-order chi connectivity index (χ1) is 5.73. The standard InChI is InChI=1S/CH5N3.2H3O4P/c2-1(3)4;2*1-5(2,3)4/h(H5,2,3,4);2*(H3,1,2,3,4)/p-6. The number of hydrogen-bond donors (Lipinski definition) is 3. The number of hydrogen-bond acceptors (Lipinski definition) is 9. The predicted octanol–water partition coefficient (Wildman–Crippen LogP) is -6.81. The fraction of sp³-hybridized carbons (Fsp3) is 0. The van der Waals surface area contributed by atoms with Crippen molar-refractivity contribution in [2.24, 2.45) is 11.5 Å². The molecule has 13 heteroatoms. The van der Waals surface area contributed by atoms with E-state index in [1.807, 2.05) is 0 Å². The van der Waals surface area contributed by atoms with Crippen LogP contribution in [0.2, 0.25) is 0 Å². The first-order valence-electron chi connectivity index (χ1n) is 2.29. The van der Waals surface area contributed by atoms with Crippen LogP contribution in [0.15, 0.2) is 0 Å². The summed E-state index contributed by atoms with van der Waals surface area (Å²) < 4.78 is 17.1. The third kappa shape index (κ3) is 4860. The van der Waals surface area contributed by atoms with Gasteiger partial charge in [-0.15, -0.1) is 0 Å². The highest BCUT2D eigenvalue weighted by atomic mass is 31.2. The van der Waals surface area contributed by atoms with Gasteiger partial charge in [0.1, 0.15) is 0 Å². The Morgan fingerprint density at radius 1 is 0.857 bits per heavy atom. The van der Waals surface area contributed by atoms with Gasteiger partial charge in [-0.25, -0.2) is 0 Å². The Morgan fingerprint density at radius 2 is 0.857 bits per heavy atom. The van der Waals surface area contributed by atoms with Crippen LogP contribution in [-0.4, -0.2) is 5.96 Å². The summed E-state index contributed by atoms with van der Waals surface area (Å²) >= 11 is 0. The van der Waals surface area contributed by atoms with Gasteiger partial charge in [-0.05, 0) is 0 Å². The summed E-state index contributed by atoms with van der Waals surface area (Å²) in [5.74, 6) is -0.333. The van der Waals surface area contributed by atoms with Crippen LogP contribution in [0.25, 0.3) is 0 Å². The van der Waals surface area contributed by atoms with Gasteiger partial charge in [0.25, 0.3) is 0 Å². The molecule has 0 amide bonds. The minimum Gasteiger partial charge on any atom is -0.822 e. The Labute approximate surface area is 78.0 Å². The van der Waals surface area contributed by atoms with E-state index in [0.29, 0.717) is 0 Å². The van der Waals surface area contributed by atoms with E-state index < -0.39 is 15.6 Å². The van der Waals surface area contributed by atoms with Crippen LogP contribution in [0.5, 0.6) is 0 Å². The third-order valence-electron chi connectivity index (χ3n) is 0.